The number of nitrogens with zero attached hydrogens (tertiary/aromatic N) is 3. The zero-order valence-electron chi connectivity index (χ0n) is 18.1. The van der Waals surface area contributed by atoms with Gasteiger partial charge in [0.2, 0.25) is 11.8 Å². The summed E-state index contributed by atoms with van der Waals surface area (Å²) in [7, 11) is 0. The van der Waals surface area contributed by atoms with Gasteiger partial charge in [-0.1, -0.05) is 30.3 Å². The first-order valence-electron chi connectivity index (χ1n) is 10.5. The Morgan fingerprint density at radius 3 is 2.33 bits per heavy atom. The lowest BCUT2D eigenvalue weighted by Gasteiger charge is -2.05. The first kappa shape index (κ1) is 21.7. The molecule has 7 nitrogen and oxygen atoms in total. The van der Waals surface area contributed by atoms with Crippen LogP contribution in [0.2, 0.25) is 0 Å². The first-order valence-corrected chi connectivity index (χ1v) is 10.5. The highest BCUT2D eigenvalue weighted by Crippen LogP contribution is 2.23. The van der Waals surface area contributed by atoms with Crippen LogP contribution in [0.1, 0.15) is 18.1 Å². The number of anilines is 2. The van der Waals surface area contributed by atoms with Crippen molar-refractivity contribution in [2.45, 2.75) is 13.5 Å². The van der Waals surface area contributed by atoms with Crippen molar-refractivity contribution in [1.29, 1.82) is 0 Å². The summed E-state index contributed by atoms with van der Waals surface area (Å²) in [6, 6.07) is 20.8. The largest absolute Gasteiger partial charge is 0.326 e. The first-order chi connectivity index (χ1) is 16.1. The summed E-state index contributed by atoms with van der Waals surface area (Å²) in [6.45, 7) is 2.07. The van der Waals surface area contributed by atoms with E-state index in [4.69, 9.17) is 5.10 Å². The molecule has 4 aromatic rings. The Kier molecular flexibility index (Phi) is 6.70. The van der Waals surface area contributed by atoms with Gasteiger partial charge in [0.15, 0.2) is 0 Å². The Hall–Kier alpha value is -4.52. The molecular weight excluding hydrogens is 414 g/mol. The number of hydrogen-bond donors (Lipinski definition) is 2. The monoisotopic (exact) mass is 437 g/mol. The number of pyridine rings is 1. The Balaban J connectivity index is 1.52. The quantitative estimate of drug-likeness (QED) is 0.414. The van der Waals surface area contributed by atoms with E-state index in [1.807, 2.05) is 53.3 Å². The number of hydrogen-bond acceptors (Lipinski definition) is 4. The molecule has 33 heavy (non-hydrogen) atoms. The normalized spacial score (nSPS) is 10.8. The minimum absolute atomic E-state index is 0.146. The molecule has 2 aromatic heterocycles. The Morgan fingerprint density at radius 1 is 0.939 bits per heavy atom. The van der Waals surface area contributed by atoms with Crippen LogP contribution in [0, 0.1) is 0 Å². The SMILES string of the molecule is CC(=O)Nc1ccc(NC(=O)/C=C/c2cn(Cc3ccccc3)nc2-c2cccnc2)cc1. The Morgan fingerprint density at radius 2 is 1.67 bits per heavy atom. The van der Waals surface area contributed by atoms with Crippen molar-refractivity contribution >= 4 is 29.3 Å². The summed E-state index contributed by atoms with van der Waals surface area (Å²) in [4.78, 5) is 27.8. The molecule has 0 saturated carbocycles. The average molecular weight is 438 g/mol. The molecule has 0 aliphatic rings. The Bertz CT molecular complexity index is 1260. The third-order valence-electron chi connectivity index (χ3n) is 4.80. The summed E-state index contributed by atoms with van der Waals surface area (Å²) in [5.74, 6) is -0.415. The molecule has 2 N–H and O–H groups in total. The topological polar surface area (TPSA) is 88.9 Å². The molecule has 0 radical (unpaired) electrons. The van der Waals surface area contributed by atoms with Gasteiger partial charge in [0.1, 0.15) is 5.69 Å². The van der Waals surface area contributed by atoms with Gasteiger partial charge in [0.25, 0.3) is 0 Å². The van der Waals surface area contributed by atoms with Crippen molar-refractivity contribution in [3.05, 3.63) is 103 Å². The third-order valence-corrected chi connectivity index (χ3v) is 4.80. The van der Waals surface area contributed by atoms with Crippen molar-refractivity contribution in [3.63, 3.8) is 0 Å². The van der Waals surface area contributed by atoms with Gasteiger partial charge >= 0.3 is 0 Å². The van der Waals surface area contributed by atoms with Crippen LogP contribution in [0.4, 0.5) is 11.4 Å². The second-order valence-electron chi connectivity index (χ2n) is 7.44. The molecule has 0 fully saturated rings. The lowest BCUT2D eigenvalue weighted by molar-refractivity contribution is -0.114. The molecule has 0 unspecified atom stereocenters. The van der Waals surface area contributed by atoms with Gasteiger partial charge in [-0.15, -0.1) is 0 Å². The second kappa shape index (κ2) is 10.2. The number of benzene rings is 2. The van der Waals surface area contributed by atoms with E-state index >= 15 is 0 Å². The fourth-order valence-electron chi connectivity index (χ4n) is 3.33. The lowest BCUT2D eigenvalue weighted by atomic mass is 10.1. The molecule has 4 rings (SSSR count). The predicted molar refractivity (Wildman–Crippen MR) is 129 cm³/mol. The van der Waals surface area contributed by atoms with Gasteiger partial charge in [0, 0.05) is 54.1 Å². The van der Waals surface area contributed by atoms with Crippen molar-refractivity contribution in [2.75, 3.05) is 10.6 Å². The summed E-state index contributed by atoms with van der Waals surface area (Å²) >= 11 is 0. The highest BCUT2D eigenvalue weighted by atomic mass is 16.2. The summed E-state index contributed by atoms with van der Waals surface area (Å²) in [6.07, 6.45) is 8.61. The van der Waals surface area contributed by atoms with Crippen molar-refractivity contribution in [2.24, 2.45) is 0 Å². The number of rotatable bonds is 7. The van der Waals surface area contributed by atoms with Crippen molar-refractivity contribution in [3.8, 4) is 11.3 Å². The van der Waals surface area contributed by atoms with E-state index < -0.39 is 0 Å². The second-order valence-corrected chi connectivity index (χ2v) is 7.44. The number of nitrogens with one attached hydrogen (secondary N) is 2. The van der Waals surface area contributed by atoms with Crippen molar-refractivity contribution in [1.82, 2.24) is 14.8 Å². The maximum Gasteiger partial charge on any atom is 0.248 e. The van der Waals surface area contributed by atoms with Gasteiger partial charge < -0.3 is 10.6 Å². The molecule has 0 spiro atoms. The molecule has 0 aliphatic heterocycles. The zero-order chi connectivity index (χ0) is 23.0. The van der Waals surface area contributed by atoms with Crippen LogP contribution in [0.5, 0.6) is 0 Å². The third kappa shape index (κ3) is 6.01. The van der Waals surface area contributed by atoms with Gasteiger partial charge in [-0.25, -0.2) is 0 Å². The fourth-order valence-corrected chi connectivity index (χ4v) is 3.33. The van der Waals surface area contributed by atoms with E-state index in [0.29, 0.717) is 17.9 Å². The van der Waals surface area contributed by atoms with E-state index in [1.165, 1.54) is 13.0 Å². The molecule has 0 aliphatic carbocycles. The molecule has 2 amide bonds. The van der Waals surface area contributed by atoms with E-state index in [-0.39, 0.29) is 11.8 Å². The van der Waals surface area contributed by atoms with E-state index in [2.05, 4.69) is 15.6 Å². The minimum atomic E-state index is -0.268. The highest BCUT2D eigenvalue weighted by Gasteiger charge is 2.10. The molecule has 0 saturated heterocycles. The van der Waals surface area contributed by atoms with Gasteiger partial charge in [0.05, 0.1) is 6.54 Å². The summed E-state index contributed by atoms with van der Waals surface area (Å²) in [5, 5.41) is 10.2. The van der Waals surface area contributed by atoms with Crippen LogP contribution in [0.15, 0.2) is 91.4 Å². The molecule has 7 heteroatoms. The van der Waals surface area contributed by atoms with Crippen LogP contribution >= 0.6 is 0 Å². The molecular formula is C26H23N5O2. The average Bonchev–Trinajstić information content (AvgIpc) is 3.22. The standard InChI is InChI=1S/C26H23N5O2/c1-19(32)28-23-10-12-24(13-11-23)29-25(33)14-9-22-18-31(17-20-6-3-2-4-7-20)30-26(22)21-8-5-15-27-16-21/h2-16,18H,17H2,1H3,(H,28,32)(H,29,33)/b14-9+. The summed E-state index contributed by atoms with van der Waals surface area (Å²) in [5.41, 5.74) is 4.87. The lowest BCUT2D eigenvalue weighted by Crippen LogP contribution is -2.08. The molecule has 164 valence electrons. The number of amides is 2. The van der Waals surface area contributed by atoms with E-state index in [0.717, 1.165) is 22.4 Å². The maximum absolute atomic E-state index is 12.5. The van der Waals surface area contributed by atoms with E-state index in [1.54, 1.807) is 42.7 Å². The molecule has 2 aromatic carbocycles. The van der Waals surface area contributed by atoms with Crippen LogP contribution in [0.3, 0.4) is 0 Å². The van der Waals surface area contributed by atoms with Crippen LogP contribution in [0.25, 0.3) is 17.3 Å². The molecule has 2 heterocycles. The van der Waals surface area contributed by atoms with E-state index in [9.17, 15) is 9.59 Å². The van der Waals surface area contributed by atoms with Gasteiger partial charge in [-0.05, 0) is 48.0 Å². The smallest absolute Gasteiger partial charge is 0.248 e. The molecule has 0 atom stereocenters. The van der Waals surface area contributed by atoms with Gasteiger partial charge in [-0.3, -0.25) is 19.3 Å². The Labute approximate surface area is 191 Å². The van der Waals surface area contributed by atoms with Crippen LogP contribution in [-0.2, 0) is 16.1 Å². The van der Waals surface area contributed by atoms with Crippen LogP contribution < -0.4 is 10.6 Å². The van der Waals surface area contributed by atoms with Crippen molar-refractivity contribution < 1.29 is 9.59 Å². The van der Waals surface area contributed by atoms with Crippen LogP contribution in [-0.4, -0.2) is 26.6 Å². The number of aromatic nitrogens is 3. The minimum Gasteiger partial charge on any atom is -0.326 e. The zero-order valence-corrected chi connectivity index (χ0v) is 18.1. The highest BCUT2D eigenvalue weighted by molar-refractivity contribution is 6.02. The fraction of sp³-hybridized carbons (Fsp3) is 0.0769. The predicted octanol–water partition coefficient (Wildman–Crippen LogP) is 4.60. The number of carbonyl (C=O) groups is 2. The molecule has 0 bridgehead atoms. The maximum atomic E-state index is 12.5. The summed E-state index contributed by atoms with van der Waals surface area (Å²) < 4.78 is 1.86. The number of carbonyl (C=O) groups excluding carboxylic acids is 2. The van der Waals surface area contributed by atoms with Gasteiger partial charge in [-0.2, -0.15) is 5.10 Å².